The zero-order valence-corrected chi connectivity index (χ0v) is 27.6. The van der Waals surface area contributed by atoms with Crippen LogP contribution in [0.25, 0.3) is 29.1 Å². The number of fused-ring (bicyclic) bond motifs is 7. The van der Waals surface area contributed by atoms with Gasteiger partial charge in [-0.15, -0.1) is 33.5 Å². The predicted molar refractivity (Wildman–Crippen MR) is 168 cm³/mol. The Kier molecular flexibility index (Phi) is 8.62. The average Bonchev–Trinajstić information content (AvgIpc) is 3.72. The van der Waals surface area contributed by atoms with Gasteiger partial charge in [0.1, 0.15) is 12.2 Å². The van der Waals surface area contributed by atoms with Crippen LogP contribution in [0, 0.1) is 38.5 Å². The number of methoxy groups -OCH3 is 1. The molecule has 1 N–H and O–H groups in total. The second-order valence-electron chi connectivity index (χ2n) is 11.6. The fourth-order valence-corrected chi connectivity index (χ4v) is 6.82. The van der Waals surface area contributed by atoms with Crippen LogP contribution in [0.4, 0.5) is 0 Å². The first-order valence-electron chi connectivity index (χ1n) is 14.7. The molecule has 1 saturated heterocycles. The van der Waals surface area contributed by atoms with E-state index >= 15 is 0 Å². The summed E-state index contributed by atoms with van der Waals surface area (Å²) in [7, 11) is 1.23. The van der Waals surface area contributed by atoms with Crippen molar-refractivity contribution >= 4 is 70.9 Å². The number of aliphatic carboxylic acids is 1. The summed E-state index contributed by atoms with van der Waals surface area (Å²) in [6.07, 6.45) is 7.07. The van der Waals surface area contributed by atoms with Gasteiger partial charge < -0.3 is 30.1 Å². The minimum atomic E-state index is -1.26. The Bertz CT molecular complexity index is 1970. The maximum Gasteiger partial charge on any atom is 2.00 e. The minimum absolute atomic E-state index is 0. The number of carboxylic acid groups (broad SMARTS) is 1. The molecule has 0 spiro atoms. The smallest absolute Gasteiger partial charge is 0.664 e. The molecule has 10 nitrogen and oxygen atoms in total. The van der Waals surface area contributed by atoms with Crippen LogP contribution in [-0.2, 0) is 20.7 Å². The Balaban J connectivity index is 0.00000400. The molecule has 3 aromatic rings. The van der Waals surface area contributed by atoms with E-state index in [0.717, 1.165) is 17.4 Å². The number of Topliss-reactive ketones (excluding diaryl/α,β-unsaturated/α-hetero) is 1. The molecule has 45 heavy (non-hydrogen) atoms. The molecule has 3 atom stereocenters. The minimum Gasteiger partial charge on any atom is -0.664 e. The number of ketones is 1. The number of carbonyl (C=O) groups excluding carboxylic acids is 3. The topological polar surface area (TPSA) is 154 Å². The summed E-state index contributed by atoms with van der Waals surface area (Å²) in [5, 5.41) is 15.9. The van der Waals surface area contributed by atoms with Crippen LogP contribution in [0.3, 0.4) is 0 Å². The molecule has 1 aliphatic carbocycles. The maximum atomic E-state index is 13.9. The third-order valence-electron chi connectivity index (χ3n) is 9.33. The summed E-state index contributed by atoms with van der Waals surface area (Å²) in [6.45, 7) is 9.58. The van der Waals surface area contributed by atoms with Crippen molar-refractivity contribution in [3.8, 4) is 0 Å². The van der Waals surface area contributed by atoms with Gasteiger partial charge in [0, 0.05) is 17.5 Å². The Morgan fingerprint density at radius 2 is 1.67 bits per heavy atom. The van der Waals surface area contributed by atoms with Gasteiger partial charge in [0.15, 0.2) is 5.78 Å². The second kappa shape index (κ2) is 12.0. The first-order valence-corrected chi connectivity index (χ1v) is 14.7. The van der Waals surface area contributed by atoms with E-state index < -0.39 is 29.6 Å². The van der Waals surface area contributed by atoms with Gasteiger partial charge in [-0.25, -0.2) is 0 Å². The number of carboxylic acids is 1. The van der Waals surface area contributed by atoms with Crippen molar-refractivity contribution < 1.29 is 29.0 Å². The van der Waals surface area contributed by atoms with E-state index in [1.54, 1.807) is 13.0 Å². The van der Waals surface area contributed by atoms with Crippen molar-refractivity contribution in [2.24, 2.45) is 17.8 Å². The van der Waals surface area contributed by atoms with Crippen molar-refractivity contribution in [2.75, 3.05) is 7.11 Å². The summed E-state index contributed by atoms with van der Waals surface area (Å²) < 4.78 is 5.09. The van der Waals surface area contributed by atoms with E-state index in [0.29, 0.717) is 79.1 Å². The number of esters is 1. The van der Waals surface area contributed by atoms with E-state index in [1.807, 2.05) is 39.8 Å². The van der Waals surface area contributed by atoms with Crippen molar-refractivity contribution in [2.45, 2.75) is 53.9 Å². The number of aldehydes is 1. The predicted octanol–water partition coefficient (Wildman–Crippen LogP) is 2.69. The molecular weight excluding hydrogens is 585 g/mol. The summed E-state index contributed by atoms with van der Waals surface area (Å²) in [5.74, 6) is -4.05. The number of carbonyl (C=O) groups is 4. The monoisotopic (exact) mass is 616 g/mol. The summed E-state index contributed by atoms with van der Waals surface area (Å²) in [4.78, 5) is 65.7. The quantitative estimate of drug-likeness (QED) is 0.190. The molecule has 3 aromatic heterocycles. The Morgan fingerprint density at radius 3 is 2.31 bits per heavy atom. The molecule has 11 heteroatoms. The molecule has 228 valence electrons. The number of aromatic nitrogens is 3. The zero-order valence-electron chi connectivity index (χ0n) is 26.1. The summed E-state index contributed by atoms with van der Waals surface area (Å²) in [6, 6.07) is 0. The van der Waals surface area contributed by atoms with Crippen LogP contribution in [0.5, 0.6) is 0 Å². The summed E-state index contributed by atoms with van der Waals surface area (Å²) in [5.41, 5.74) is 7.48. The largest absolute Gasteiger partial charge is 2.00 e. The molecule has 1 fully saturated rings. The van der Waals surface area contributed by atoms with E-state index in [2.05, 4.69) is 0 Å². The van der Waals surface area contributed by atoms with Gasteiger partial charge in [-0.1, -0.05) is 59.9 Å². The van der Waals surface area contributed by atoms with Gasteiger partial charge in [-0.3, -0.25) is 19.2 Å². The number of hydrogen-bond donors (Lipinski definition) is 1. The van der Waals surface area contributed by atoms with Crippen molar-refractivity contribution in [3.05, 3.63) is 83.6 Å². The Morgan fingerprint density at radius 1 is 0.978 bits per heavy atom. The van der Waals surface area contributed by atoms with E-state index in [-0.39, 0.29) is 41.8 Å². The van der Waals surface area contributed by atoms with Gasteiger partial charge >= 0.3 is 35.0 Å². The second-order valence-corrected chi connectivity index (χ2v) is 11.6. The molecule has 0 saturated carbocycles. The van der Waals surface area contributed by atoms with Crippen LogP contribution < -0.4 is 25.7 Å². The van der Waals surface area contributed by atoms with Crippen molar-refractivity contribution in [1.82, 2.24) is 15.0 Å². The van der Waals surface area contributed by atoms with Gasteiger partial charge in [0.25, 0.3) is 0 Å². The number of nitrogens with zero attached hydrogens (tertiary/aromatic N) is 4. The average molecular weight is 617 g/mol. The Hall–Kier alpha value is -4.09. The van der Waals surface area contributed by atoms with Gasteiger partial charge in [0.05, 0.1) is 7.11 Å². The third-order valence-corrected chi connectivity index (χ3v) is 9.33. The van der Waals surface area contributed by atoms with Gasteiger partial charge in [-0.05, 0) is 45.4 Å². The first kappa shape index (κ1) is 32.3. The molecular formula is C34H32MgN4O6-2. The Labute approximate surface area is 276 Å². The number of ether oxygens (including phenoxy) is 1. The third kappa shape index (κ3) is 5.02. The molecule has 0 radical (unpaired) electrons. The molecule has 0 aromatic carbocycles. The molecule has 0 amide bonds. The van der Waals surface area contributed by atoms with Crippen LogP contribution in [-0.4, -0.2) is 59.3 Å². The van der Waals surface area contributed by atoms with Crippen molar-refractivity contribution in [3.63, 3.8) is 0 Å². The van der Waals surface area contributed by atoms with E-state index in [4.69, 9.17) is 25.0 Å². The van der Waals surface area contributed by atoms with Crippen LogP contribution >= 0.6 is 0 Å². The first-order chi connectivity index (χ1) is 21.0. The molecule has 2 aliphatic heterocycles. The number of allylic oxidation sites excluding steroid dienone is 2. The number of hydrogen-bond acceptors (Lipinski definition) is 5. The molecule has 8 bridgehead atoms. The summed E-state index contributed by atoms with van der Waals surface area (Å²) >= 11 is 0. The standard InChI is InChI=1S/C34H35N4O6.Mg/c1-7-18-14(2)22-11-26-20(13-39)16(4)21(36-26)10-23-15(3)19(8-9-27(40)41)31(37-23)29-30(34(43)44-6)33(42)28-17(5)24(38-32(28)29)12-25(18)35-22;/h10-13,15,19,30H,7-9H2,1-6H3,(H4-,35,36,37,38,39,40,41,42);/q-1;+2/p-3/b23-10-;/t15-,19-,30+;/m0./s1. The normalized spacial score (nSPS) is 24.0. The van der Waals surface area contributed by atoms with Crippen LogP contribution in [0.1, 0.15) is 92.4 Å². The molecule has 6 rings (SSSR count). The molecule has 3 aliphatic rings. The molecule has 0 unspecified atom stereocenters. The zero-order chi connectivity index (χ0) is 31.6. The van der Waals surface area contributed by atoms with E-state index in [9.17, 15) is 24.3 Å². The fourth-order valence-electron chi connectivity index (χ4n) is 6.82. The van der Waals surface area contributed by atoms with Crippen molar-refractivity contribution in [1.29, 1.82) is 0 Å². The SMILES string of the molecule is CCc1c(C)/c2[n-]/c1=C\c1[n-]c3c(c1C)C(=O)[C@H](C(=O)OC)/C3=C1/[N-]/C(=C\c3[n-]c(c(C=O)c3C)\C=2)[C@@H](C)[C@@H]1CCC(=O)O.[Mg+2]. The fraction of sp³-hybridized carbons (Fsp3) is 0.353. The van der Waals surface area contributed by atoms with E-state index in [1.165, 1.54) is 7.11 Å². The van der Waals surface area contributed by atoms with Gasteiger partial charge in [0.2, 0.25) is 0 Å². The van der Waals surface area contributed by atoms with Gasteiger partial charge in [-0.2, -0.15) is 11.4 Å². The molecule has 5 heterocycles. The number of rotatable bonds is 6. The van der Waals surface area contributed by atoms with Crippen LogP contribution in [0.15, 0.2) is 11.4 Å². The van der Waals surface area contributed by atoms with Crippen LogP contribution in [0.2, 0.25) is 0 Å². The maximum absolute atomic E-state index is 13.9.